The summed E-state index contributed by atoms with van der Waals surface area (Å²) in [5, 5.41) is 3.81. The Morgan fingerprint density at radius 2 is 2.00 bits per heavy atom. The van der Waals surface area contributed by atoms with E-state index in [4.69, 9.17) is 11.2 Å². The average Bonchev–Trinajstić information content (AvgIpc) is 3.32. The second kappa shape index (κ2) is 9.29. The fourth-order valence-electron chi connectivity index (χ4n) is 4.83. The van der Waals surface area contributed by atoms with Crippen molar-refractivity contribution in [2.24, 2.45) is 10.9 Å². The van der Waals surface area contributed by atoms with E-state index in [0.29, 0.717) is 11.8 Å². The number of aryl methyl sites for hydroxylation is 1. The van der Waals surface area contributed by atoms with Crippen molar-refractivity contribution in [2.75, 3.05) is 11.9 Å². The van der Waals surface area contributed by atoms with Gasteiger partial charge in [-0.2, -0.15) is 0 Å². The Labute approximate surface area is 203 Å². The smallest absolute Gasteiger partial charge is 0.148 e. The third-order valence-corrected chi connectivity index (χ3v) is 6.90. The largest absolute Gasteiger partial charge is 0.480 e. The molecule has 0 fully saturated rings. The molecule has 1 aliphatic carbocycles. The third kappa shape index (κ3) is 4.47. The van der Waals surface area contributed by atoms with E-state index < -0.39 is 0 Å². The average molecular weight is 497 g/mol. The van der Waals surface area contributed by atoms with Crippen molar-refractivity contribution in [2.45, 2.75) is 25.3 Å². The summed E-state index contributed by atoms with van der Waals surface area (Å²) in [5.41, 5.74) is 7.05. The number of allylic oxidation sites excluding steroid dienone is 2. The summed E-state index contributed by atoms with van der Waals surface area (Å²) in [6.45, 7) is 2.39. The fourth-order valence-corrected chi connectivity index (χ4v) is 5.21. The highest BCUT2D eigenvalue weighted by Crippen LogP contribution is 2.50. The Balaban J connectivity index is 1.37. The molecular formula is C29H25BrN2O. The molecule has 33 heavy (non-hydrogen) atoms. The van der Waals surface area contributed by atoms with E-state index in [1.807, 2.05) is 24.4 Å². The number of benzene rings is 3. The first-order valence-electron chi connectivity index (χ1n) is 11.2. The maximum atomic E-state index is 5.64. The summed E-state index contributed by atoms with van der Waals surface area (Å²) in [5.74, 6) is 4.23. The molecule has 2 aliphatic rings. The van der Waals surface area contributed by atoms with Crippen LogP contribution in [0, 0.1) is 25.2 Å². The van der Waals surface area contributed by atoms with E-state index in [2.05, 4.69) is 93.7 Å². The van der Waals surface area contributed by atoms with Crippen LogP contribution in [0.1, 0.15) is 40.6 Å². The summed E-state index contributed by atoms with van der Waals surface area (Å²) >= 11 is 3.51. The van der Waals surface area contributed by atoms with E-state index in [9.17, 15) is 0 Å². The molecule has 0 radical (unpaired) electrons. The molecule has 0 bridgehead atoms. The zero-order valence-electron chi connectivity index (χ0n) is 18.5. The normalized spacial score (nSPS) is 20.7. The minimum Gasteiger partial charge on any atom is -0.480 e. The van der Waals surface area contributed by atoms with Gasteiger partial charge in [-0.15, -0.1) is 6.42 Å². The summed E-state index contributed by atoms with van der Waals surface area (Å²) in [6.07, 6.45) is 13.0. The molecule has 0 amide bonds. The number of aliphatic imine (C=N–C) groups is 1. The Morgan fingerprint density at radius 3 is 2.82 bits per heavy atom. The molecule has 0 aromatic heterocycles. The predicted molar refractivity (Wildman–Crippen MR) is 140 cm³/mol. The zero-order chi connectivity index (χ0) is 22.8. The predicted octanol–water partition coefficient (Wildman–Crippen LogP) is 7.35. The second-order valence-electron chi connectivity index (χ2n) is 8.59. The fraction of sp³-hybridized carbons (Fsp3) is 0.207. The van der Waals surface area contributed by atoms with Gasteiger partial charge in [-0.1, -0.05) is 63.8 Å². The maximum Gasteiger partial charge on any atom is 0.148 e. The number of nitrogens with zero attached hydrogens (tertiary/aromatic N) is 1. The van der Waals surface area contributed by atoms with Gasteiger partial charge in [0, 0.05) is 27.9 Å². The molecule has 1 heterocycles. The topological polar surface area (TPSA) is 33.6 Å². The van der Waals surface area contributed by atoms with Gasteiger partial charge in [0.1, 0.15) is 12.4 Å². The minimum atomic E-state index is 0.227. The van der Waals surface area contributed by atoms with Crippen LogP contribution in [0.2, 0.25) is 0 Å². The van der Waals surface area contributed by atoms with Crippen LogP contribution in [-0.2, 0) is 0 Å². The van der Waals surface area contributed by atoms with Gasteiger partial charge in [0.05, 0.1) is 11.7 Å². The van der Waals surface area contributed by atoms with Crippen LogP contribution in [0.5, 0.6) is 5.75 Å². The summed E-state index contributed by atoms with van der Waals surface area (Å²) in [4.78, 5) is 4.67. The minimum absolute atomic E-state index is 0.227. The van der Waals surface area contributed by atoms with Crippen molar-refractivity contribution in [3.8, 4) is 18.1 Å². The summed E-state index contributed by atoms with van der Waals surface area (Å²) in [6, 6.07) is 21.4. The standard InChI is InChI=1S/C29H25BrN2O/c1-3-15-33-28-14-10-22(30)17-21(28)18-31-23-11-8-20(9-12-23)29-25-6-4-5-24(25)26-16-19(2)7-13-27(26)32-29/h1,4-5,7-14,16-18,24-25,29,32H,6,15H2,2H3/t24-,25-,29+/m1/s1. The lowest BCUT2D eigenvalue weighted by Crippen LogP contribution is -2.29. The maximum absolute atomic E-state index is 5.64. The number of hydrogen-bond donors (Lipinski definition) is 1. The van der Waals surface area contributed by atoms with Crippen LogP contribution in [0.25, 0.3) is 0 Å². The molecule has 0 unspecified atom stereocenters. The first-order chi connectivity index (χ1) is 16.1. The summed E-state index contributed by atoms with van der Waals surface area (Å²) < 4.78 is 6.61. The van der Waals surface area contributed by atoms with E-state index >= 15 is 0 Å². The van der Waals surface area contributed by atoms with Crippen molar-refractivity contribution >= 4 is 33.5 Å². The highest BCUT2D eigenvalue weighted by molar-refractivity contribution is 9.10. The Bertz CT molecular complexity index is 1270. The number of fused-ring (bicyclic) bond motifs is 3. The number of hydrogen-bond acceptors (Lipinski definition) is 3. The molecule has 3 aromatic carbocycles. The second-order valence-corrected chi connectivity index (χ2v) is 9.51. The van der Waals surface area contributed by atoms with Crippen molar-refractivity contribution < 1.29 is 4.74 Å². The Hall–Kier alpha value is -3.29. The van der Waals surface area contributed by atoms with Crippen LogP contribution in [0.3, 0.4) is 0 Å². The van der Waals surface area contributed by atoms with Gasteiger partial charge in [0.15, 0.2) is 0 Å². The first kappa shape index (κ1) is 21.6. The lowest BCUT2D eigenvalue weighted by atomic mass is 9.76. The van der Waals surface area contributed by atoms with Gasteiger partial charge in [0.2, 0.25) is 0 Å². The lowest BCUT2D eigenvalue weighted by molar-refractivity contribution is 0.370. The molecule has 164 valence electrons. The van der Waals surface area contributed by atoms with E-state index in [1.54, 1.807) is 0 Å². The van der Waals surface area contributed by atoms with Crippen molar-refractivity contribution in [3.63, 3.8) is 0 Å². The number of ether oxygens (including phenoxy) is 1. The Morgan fingerprint density at radius 1 is 1.15 bits per heavy atom. The number of rotatable bonds is 5. The molecule has 1 aliphatic heterocycles. The molecule has 4 heteroatoms. The van der Waals surface area contributed by atoms with Gasteiger partial charge in [-0.05, 0) is 66.8 Å². The van der Waals surface area contributed by atoms with E-state index in [0.717, 1.165) is 27.9 Å². The monoisotopic (exact) mass is 496 g/mol. The van der Waals surface area contributed by atoms with Crippen LogP contribution in [-0.4, -0.2) is 12.8 Å². The van der Waals surface area contributed by atoms with Gasteiger partial charge in [0.25, 0.3) is 0 Å². The van der Waals surface area contributed by atoms with Crippen LogP contribution >= 0.6 is 15.9 Å². The van der Waals surface area contributed by atoms with Crippen molar-refractivity contribution in [3.05, 3.63) is 99.5 Å². The van der Waals surface area contributed by atoms with Gasteiger partial charge < -0.3 is 10.1 Å². The molecule has 0 saturated heterocycles. The molecular weight excluding hydrogens is 472 g/mol. The van der Waals surface area contributed by atoms with Gasteiger partial charge in [-0.3, -0.25) is 4.99 Å². The lowest BCUT2D eigenvalue weighted by Gasteiger charge is -2.37. The molecule has 5 rings (SSSR count). The quantitative estimate of drug-likeness (QED) is 0.227. The zero-order valence-corrected chi connectivity index (χ0v) is 20.0. The van der Waals surface area contributed by atoms with Crippen molar-refractivity contribution in [1.29, 1.82) is 0 Å². The molecule has 3 nitrogen and oxygen atoms in total. The Kier molecular flexibility index (Phi) is 6.07. The van der Waals surface area contributed by atoms with Gasteiger partial charge >= 0.3 is 0 Å². The number of terminal acetylenes is 1. The molecule has 0 saturated carbocycles. The molecule has 3 aromatic rings. The van der Waals surface area contributed by atoms with Crippen LogP contribution < -0.4 is 10.1 Å². The number of halogens is 1. The SMILES string of the molecule is C#CCOc1ccc(Br)cc1C=Nc1ccc([C@@H]2Nc3ccc(C)cc3[C@@H]3C=CC[C@H]32)cc1. The number of anilines is 1. The third-order valence-electron chi connectivity index (χ3n) is 6.41. The van der Waals surface area contributed by atoms with Gasteiger partial charge in [-0.25, -0.2) is 0 Å². The van der Waals surface area contributed by atoms with Crippen LogP contribution in [0.4, 0.5) is 11.4 Å². The highest BCUT2D eigenvalue weighted by atomic mass is 79.9. The first-order valence-corrected chi connectivity index (χ1v) is 12.0. The number of nitrogens with one attached hydrogen (secondary N) is 1. The molecule has 0 spiro atoms. The van der Waals surface area contributed by atoms with E-state index in [1.165, 1.54) is 22.4 Å². The van der Waals surface area contributed by atoms with Crippen molar-refractivity contribution in [1.82, 2.24) is 0 Å². The summed E-state index contributed by atoms with van der Waals surface area (Å²) in [7, 11) is 0. The molecule has 3 atom stereocenters. The van der Waals surface area contributed by atoms with Crippen LogP contribution in [0.15, 0.2) is 82.3 Å². The van der Waals surface area contributed by atoms with E-state index in [-0.39, 0.29) is 12.6 Å². The molecule has 1 N–H and O–H groups in total. The highest BCUT2D eigenvalue weighted by Gasteiger charge is 2.37.